The molecule has 23 heavy (non-hydrogen) atoms. The summed E-state index contributed by atoms with van der Waals surface area (Å²) in [5.41, 5.74) is 1.15. The summed E-state index contributed by atoms with van der Waals surface area (Å²) in [7, 11) is 0. The van der Waals surface area contributed by atoms with E-state index < -0.39 is 5.97 Å². The van der Waals surface area contributed by atoms with Gasteiger partial charge in [0, 0.05) is 38.4 Å². The van der Waals surface area contributed by atoms with Crippen LogP contribution in [0.4, 0.5) is 0 Å². The van der Waals surface area contributed by atoms with Gasteiger partial charge in [0.25, 0.3) is 0 Å². The van der Waals surface area contributed by atoms with Crippen LogP contribution in [0.25, 0.3) is 0 Å². The Hall–Kier alpha value is -1.66. The third-order valence-electron chi connectivity index (χ3n) is 4.00. The van der Waals surface area contributed by atoms with Crippen LogP contribution in [-0.2, 0) is 16.1 Å². The smallest absolute Gasteiger partial charge is 0.306 e. The Labute approximate surface area is 142 Å². The molecule has 7 heteroatoms. The van der Waals surface area contributed by atoms with Crippen molar-refractivity contribution in [2.24, 2.45) is 5.92 Å². The van der Waals surface area contributed by atoms with Gasteiger partial charge in [0.1, 0.15) is 0 Å². The molecule has 0 aromatic carbocycles. The first kappa shape index (κ1) is 19.4. The second-order valence-corrected chi connectivity index (χ2v) is 5.70. The molecule has 2 N–H and O–H groups in total. The van der Waals surface area contributed by atoms with Crippen LogP contribution in [0.3, 0.4) is 0 Å². The molecule has 1 aromatic rings. The second kappa shape index (κ2) is 10.2. The van der Waals surface area contributed by atoms with E-state index in [1.807, 2.05) is 12.1 Å². The van der Waals surface area contributed by atoms with Gasteiger partial charge in [-0.2, -0.15) is 0 Å². The summed E-state index contributed by atoms with van der Waals surface area (Å²) in [5, 5.41) is 12.0. The van der Waals surface area contributed by atoms with E-state index in [0.29, 0.717) is 32.4 Å². The number of carbonyl (C=O) groups is 2. The average Bonchev–Trinajstić information content (AvgIpc) is 2.54. The van der Waals surface area contributed by atoms with Crippen molar-refractivity contribution in [2.45, 2.75) is 32.2 Å². The van der Waals surface area contributed by atoms with Gasteiger partial charge in [0.15, 0.2) is 0 Å². The summed E-state index contributed by atoms with van der Waals surface area (Å²) in [4.78, 5) is 29.2. The molecule has 1 unspecified atom stereocenters. The number of amides is 1. The molecule has 1 aromatic heterocycles. The third-order valence-corrected chi connectivity index (χ3v) is 4.00. The second-order valence-electron chi connectivity index (χ2n) is 5.70. The van der Waals surface area contributed by atoms with Crippen molar-refractivity contribution >= 4 is 24.3 Å². The Balaban J connectivity index is 0.00000264. The zero-order chi connectivity index (χ0) is 15.8. The molecular weight excluding hydrogens is 318 g/mol. The number of nitrogens with zero attached hydrogens (tertiary/aromatic N) is 2. The van der Waals surface area contributed by atoms with E-state index in [0.717, 1.165) is 25.1 Å². The van der Waals surface area contributed by atoms with Gasteiger partial charge < -0.3 is 10.4 Å². The van der Waals surface area contributed by atoms with Crippen molar-refractivity contribution < 1.29 is 14.7 Å². The Kier molecular flexibility index (Phi) is 8.58. The first-order valence-corrected chi connectivity index (χ1v) is 7.76. The summed E-state index contributed by atoms with van der Waals surface area (Å²) in [6.45, 7) is 2.69. The highest BCUT2D eigenvalue weighted by molar-refractivity contribution is 5.85. The van der Waals surface area contributed by atoms with Crippen molar-refractivity contribution in [3.8, 4) is 0 Å². The molecule has 2 rings (SSSR count). The zero-order valence-electron chi connectivity index (χ0n) is 13.1. The molecule has 0 saturated carbocycles. The fourth-order valence-corrected chi connectivity index (χ4v) is 2.70. The monoisotopic (exact) mass is 341 g/mol. The molecule has 1 atom stereocenters. The van der Waals surface area contributed by atoms with E-state index in [2.05, 4.69) is 15.2 Å². The predicted octanol–water partition coefficient (Wildman–Crippen LogP) is 1.70. The molecule has 1 amide bonds. The SMILES string of the molecule is Cl.O=C1CCN(Cc2ccncc2)CCCC(C(=O)O)CCN1. The van der Waals surface area contributed by atoms with E-state index >= 15 is 0 Å². The molecule has 1 fully saturated rings. The Morgan fingerprint density at radius 3 is 2.74 bits per heavy atom. The predicted molar refractivity (Wildman–Crippen MR) is 89.4 cm³/mol. The van der Waals surface area contributed by atoms with Crippen LogP contribution in [0.5, 0.6) is 0 Å². The van der Waals surface area contributed by atoms with Gasteiger partial charge in [-0.3, -0.25) is 19.5 Å². The van der Waals surface area contributed by atoms with E-state index in [4.69, 9.17) is 0 Å². The summed E-state index contributed by atoms with van der Waals surface area (Å²) in [6, 6.07) is 3.93. The van der Waals surface area contributed by atoms with Crippen LogP contribution in [-0.4, -0.2) is 46.5 Å². The number of aliphatic carboxylic acids is 1. The number of pyridine rings is 1. The number of halogens is 1. The lowest BCUT2D eigenvalue weighted by Gasteiger charge is -2.22. The molecule has 0 bridgehead atoms. The topological polar surface area (TPSA) is 82.5 Å². The standard InChI is InChI=1S/C16H23N3O3.ClH/c20-15-6-11-19(12-13-3-7-17-8-4-13)10-1-2-14(16(21)22)5-9-18-15;/h3-4,7-8,14H,1-2,5-6,9-12H2,(H,18,20)(H,21,22);1H. The van der Waals surface area contributed by atoms with Gasteiger partial charge >= 0.3 is 5.97 Å². The van der Waals surface area contributed by atoms with Crippen LogP contribution in [0.1, 0.15) is 31.2 Å². The normalized spacial score (nSPS) is 20.7. The Morgan fingerprint density at radius 1 is 1.30 bits per heavy atom. The molecule has 1 aliphatic heterocycles. The quantitative estimate of drug-likeness (QED) is 0.874. The van der Waals surface area contributed by atoms with Crippen LogP contribution in [0.2, 0.25) is 0 Å². The molecule has 1 saturated heterocycles. The largest absolute Gasteiger partial charge is 0.481 e. The lowest BCUT2D eigenvalue weighted by atomic mass is 9.99. The van der Waals surface area contributed by atoms with E-state index in [-0.39, 0.29) is 24.2 Å². The fourth-order valence-electron chi connectivity index (χ4n) is 2.70. The number of carboxylic acid groups (broad SMARTS) is 1. The van der Waals surface area contributed by atoms with Gasteiger partial charge in [-0.15, -0.1) is 12.4 Å². The van der Waals surface area contributed by atoms with Gasteiger partial charge in [-0.1, -0.05) is 0 Å². The van der Waals surface area contributed by atoms with Crippen LogP contribution >= 0.6 is 12.4 Å². The van der Waals surface area contributed by atoms with Crippen molar-refractivity contribution in [2.75, 3.05) is 19.6 Å². The van der Waals surface area contributed by atoms with Crippen molar-refractivity contribution in [3.05, 3.63) is 30.1 Å². The minimum absolute atomic E-state index is 0. The number of hydrogen-bond acceptors (Lipinski definition) is 4. The van der Waals surface area contributed by atoms with Gasteiger partial charge in [-0.25, -0.2) is 0 Å². The average molecular weight is 342 g/mol. The summed E-state index contributed by atoms with van der Waals surface area (Å²) in [6.07, 6.45) is 5.95. The number of aromatic nitrogens is 1. The molecule has 1 aliphatic rings. The molecule has 0 radical (unpaired) electrons. The third kappa shape index (κ3) is 6.97. The first-order chi connectivity index (χ1) is 10.6. The number of carbonyl (C=O) groups excluding carboxylic acids is 1. The number of carboxylic acids is 1. The Morgan fingerprint density at radius 2 is 2.04 bits per heavy atom. The van der Waals surface area contributed by atoms with Crippen molar-refractivity contribution in [3.63, 3.8) is 0 Å². The summed E-state index contributed by atoms with van der Waals surface area (Å²) in [5.74, 6) is -1.15. The minimum Gasteiger partial charge on any atom is -0.481 e. The molecule has 2 heterocycles. The molecule has 0 spiro atoms. The number of rotatable bonds is 3. The van der Waals surface area contributed by atoms with Gasteiger partial charge in [0.05, 0.1) is 5.92 Å². The van der Waals surface area contributed by atoms with Crippen LogP contribution in [0, 0.1) is 5.92 Å². The molecule has 128 valence electrons. The lowest BCUT2D eigenvalue weighted by Crippen LogP contribution is -2.31. The summed E-state index contributed by atoms with van der Waals surface area (Å²) >= 11 is 0. The van der Waals surface area contributed by atoms with Crippen LogP contribution < -0.4 is 5.32 Å². The van der Waals surface area contributed by atoms with E-state index in [1.54, 1.807) is 12.4 Å². The lowest BCUT2D eigenvalue weighted by molar-refractivity contribution is -0.142. The molecule has 6 nitrogen and oxygen atoms in total. The number of hydrogen-bond donors (Lipinski definition) is 2. The first-order valence-electron chi connectivity index (χ1n) is 7.76. The Bertz CT molecular complexity index is 499. The number of nitrogens with one attached hydrogen (secondary N) is 1. The minimum atomic E-state index is -0.769. The highest BCUT2D eigenvalue weighted by Crippen LogP contribution is 2.14. The highest BCUT2D eigenvalue weighted by Gasteiger charge is 2.19. The molecular formula is C16H24ClN3O3. The van der Waals surface area contributed by atoms with E-state index in [9.17, 15) is 14.7 Å². The maximum atomic E-state index is 11.8. The molecule has 0 aliphatic carbocycles. The summed E-state index contributed by atoms with van der Waals surface area (Å²) < 4.78 is 0. The van der Waals surface area contributed by atoms with Crippen molar-refractivity contribution in [1.29, 1.82) is 0 Å². The van der Waals surface area contributed by atoms with Gasteiger partial charge in [-0.05, 0) is 43.5 Å². The maximum absolute atomic E-state index is 11.8. The maximum Gasteiger partial charge on any atom is 0.306 e. The van der Waals surface area contributed by atoms with Gasteiger partial charge in [0.2, 0.25) is 5.91 Å². The highest BCUT2D eigenvalue weighted by atomic mass is 35.5. The zero-order valence-corrected chi connectivity index (χ0v) is 13.9. The fraction of sp³-hybridized carbons (Fsp3) is 0.562. The van der Waals surface area contributed by atoms with E-state index in [1.165, 1.54) is 0 Å². The van der Waals surface area contributed by atoms with Crippen LogP contribution in [0.15, 0.2) is 24.5 Å². The van der Waals surface area contributed by atoms with Crippen molar-refractivity contribution in [1.82, 2.24) is 15.2 Å².